The average molecular weight is 436 g/mol. The molecule has 1 saturated heterocycles. The summed E-state index contributed by atoms with van der Waals surface area (Å²) in [5.74, 6) is -0.401. The molecule has 1 N–H and O–H groups in total. The van der Waals surface area contributed by atoms with Crippen LogP contribution in [0, 0.1) is 6.92 Å². The van der Waals surface area contributed by atoms with Crippen molar-refractivity contribution in [2.45, 2.75) is 19.8 Å². The predicted molar refractivity (Wildman–Crippen MR) is 115 cm³/mol. The zero-order chi connectivity index (χ0) is 21.2. The Morgan fingerprint density at radius 3 is 2.48 bits per heavy atom. The van der Waals surface area contributed by atoms with Crippen LogP contribution in [0.1, 0.15) is 18.4 Å². The van der Waals surface area contributed by atoms with Crippen molar-refractivity contribution in [1.29, 1.82) is 0 Å². The Hall–Kier alpha value is -2.58. The lowest BCUT2D eigenvalue weighted by atomic mass is 10.2. The lowest BCUT2D eigenvalue weighted by molar-refractivity contribution is -0.117. The fourth-order valence-electron chi connectivity index (χ4n) is 3.22. The third-order valence-electron chi connectivity index (χ3n) is 4.73. The third-order valence-corrected chi connectivity index (χ3v) is 6.27. The number of amides is 2. The number of hydrogen-bond donors (Lipinski definition) is 1. The molecule has 2 amide bonds. The number of rotatable bonds is 6. The Labute approximate surface area is 175 Å². The van der Waals surface area contributed by atoms with Crippen LogP contribution in [0.5, 0.6) is 0 Å². The molecule has 3 rings (SSSR count). The number of anilines is 3. The number of benzene rings is 2. The number of halogens is 1. The van der Waals surface area contributed by atoms with Crippen molar-refractivity contribution < 1.29 is 18.0 Å². The van der Waals surface area contributed by atoms with Crippen LogP contribution in [0.3, 0.4) is 0 Å². The molecule has 0 atom stereocenters. The molecule has 0 saturated carbocycles. The van der Waals surface area contributed by atoms with Crippen LogP contribution < -0.4 is 14.5 Å². The summed E-state index contributed by atoms with van der Waals surface area (Å²) in [7, 11) is -3.70. The topological polar surface area (TPSA) is 86.8 Å². The van der Waals surface area contributed by atoms with Crippen molar-refractivity contribution >= 4 is 50.5 Å². The van der Waals surface area contributed by atoms with E-state index in [0.717, 1.165) is 22.7 Å². The number of nitrogens with zero attached hydrogens (tertiary/aromatic N) is 2. The van der Waals surface area contributed by atoms with Crippen molar-refractivity contribution in [3.8, 4) is 0 Å². The molecule has 0 unspecified atom stereocenters. The molecule has 1 fully saturated rings. The molecule has 7 nitrogen and oxygen atoms in total. The Bertz CT molecular complexity index is 1040. The minimum atomic E-state index is -3.70. The molecule has 0 aliphatic carbocycles. The van der Waals surface area contributed by atoms with E-state index in [-0.39, 0.29) is 12.5 Å². The van der Waals surface area contributed by atoms with Crippen LogP contribution in [-0.2, 0) is 19.6 Å². The van der Waals surface area contributed by atoms with Crippen molar-refractivity contribution in [1.82, 2.24) is 0 Å². The van der Waals surface area contributed by atoms with Crippen LogP contribution in [0.15, 0.2) is 42.5 Å². The fourth-order valence-corrected chi connectivity index (χ4v) is 4.30. The van der Waals surface area contributed by atoms with E-state index in [1.807, 2.05) is 0 Å². The maximum absolute atomic E-state index is 12.5. The molecule has 9 heteroatoms. The highest BCUT2D eigenvalue weighted by atomic mass is 35.5. The quantitative estimate of drug-likeness (QED) is 0.754. The van der Waals surface area contributed by atoms with E-state index in [2.05, 4.69) is 5.32 Å². The molecule has 0 bridgehead atoms. The number of sulfonamides is 1. The monoisotopic (exact) mass is 435 g/mol. The summed E-state index contributed by atoms with van der Waals surface area (Å²) < 4.78 is 25.6. The second-order valence-corrected chi connectivity index (χ2v) is 9.21. The Kier molecular flexibility index (Phi) is 6.14. The van der Waals surface area contributed by atoms with Gasteiger partial charge in [-0.3, -0.25) is 13.9 Å². The average Bonchev–Trinajstić information content (AvgIpc) is 3.08. The first-order chi connectivity index (χ1) is 13.7. The second-order valence-electron chi connectivity index (χ2n) is 6.90. The maximum atomic E-state index is 12.5. The summed E-state index contributed by atoms with van der Waals surface area (Å²) in [5.41, 5.74) is 2.23. The van der Waals surface area contributed by atoms with E-state index < -0.39 is 15.9 Å². The molecule has 2 aromatic rings. The van der Waals surface area contributed by atoms with Gasteiger partial charge in [-0.1, -0.05) is 17.7 Å². The standard InChI is InChI=1S/C20H22ClN3O4S/c1-14-17(21)5-3-6-18(14)24(29(2,27)28)13-19(25)22-15-8-10-16(11-9-15)23-12-4-7-20(23)26/h3,5-6,8-11H,4,7,12-13H2,1-2H3,(H,22,25). The first kappa shape index (κ1) is 21.1. The van der Waals surface area contributed by atoms with E-state index in [1.165, 1.54) is 0 Å². The number of carbonyl (C=O) groups is 2. The summed E-state index contributed by atoms with van der Waals surface area (Å²) in [6.07, 6.45) is 2.42. The van der Waals surface area contributed by atoms with E-state index >= 15 is 0 Å². The highest BCUT2D eigenvalue weighted by molar-refractivity contribution is 7.92. The molecule has 2 aromatic carbocycles. The van der Waals surface area contributed by atoms with E-state index in [1.54, 1.807) is 54.3 Å². The fraction of sp³-hybridized carbons (Fsp3) is 0.300. The lowest BCUT2D eigenvalue weighted by Gasteiger charge is -2.24. The number of carbonyl (C=O) groups excluding carboxylic acids is 2. The highest BCUT2D eigenvalue weighted by Gasteiger charge is 2.24. The number of nitrogens with one attached hydrogen (secondary N) is 1. The molecule has 1 heterocycles. The summed E-state index contributed by atoms with van der Waals surface area (Å²) in [6, 6.07) is 11.8. The van der Waals surface area contributed by atoms with Crippen LogP contribution in [0.4, 0.5) is 17.1 Å². The molecular formula is C20H22ClN3O4S. The van der Waals surface area contributed by atoms with E-state index in [4.69, 9.17) is 11.6 Å². The predicted octanol–water partition coefficient (Wildman–Crippen LogP) is 3.18. The van der Waals surface area contributed by atoms with Gasteiger partial charge in [-0.05, 0) is 55.3 Å². The van der Waals surface area contributed by atoms with Crippen molar-refractivity contribution in [3.05, 3.63) is 53.1 Å². The second kappa shape index (κ2) is 8.42. The summed E-state index contributed by atoms with van der Waals surface area (Å²) in [6.45, 7) is 2.01. The molecule has 1 aliphatic heterocycles. The van der Waals surface area contributed by atoms with Crippen LogP contribution >= 0.6 is 11.6 Å². The van der Waals surface area contributed by atoms with Gasteiger partial charge in [0.15, 0.2) is 0 Å². The normalized spacial score (nSPS) is 14.2. The minimum absolute atomic E-state index is 0.0856. The van der Waals surface area contributed by atoms with Gasteiger partial charge in [-0.2, -0.15) is 0 Å². The first-order valence-electron chi connectivity index (χ1n) is 9.10. The first-order valence-corrected chi connectivity index (χ1v) is 11.3. The van der Waals surface area contributed by atoms with Gasteiger partial charge >= 0.3 is 0 Å². The maximum Gasteiger partial charge on any atom is 0.245 e. The Morgan fingerprint density at radius 2 is 1.90 bits per heavy atom. The molecule has 154 valence electrons. The zero-order valence-corrected chi connectivity index (χ0v) is 17.8. The smallest absolute Gasteiger partial charge is 0.245 e. The van der Waals surface area contributed by atoms with Crippen molar-refractivity contribution in [3.63, 3.8) is 0 Å². The SMILES string of the molecule is Cc1c(Cl)cccc1N(CC(=O)Nc1ccc(N2CCCC2=O)cc1)S(C)(=O)=O. The van der Waals surface area contributed by atoms with Gasteiger partial charge in [0.2, 0.25) is 21.8 Å². The summed E-state index contributed by atoms with van der Waals surface area (Å²) in [5, 5.41) is 3.12. The van der Waals surface area contributed by atoms with Crippen LogP contribution in [-0.4, -0.2) is 39.6 Å². The van der Waals surface area contributed by atoms with Gasteiger partial charge in [0, 0.05) is 29.4 Å². The minimum Gasteiger partial charge on any atom is -0.325 e. The Balaban J connectivity index is 1.74. The summed E-state index contributed by atoms with van der Waals surface area (Å²) >= 11 is 6.10. The largest absolute Gasteiger partial charge is 0.325 e. The van der Waals surface area contributed by atoms with Crippen molar-refractivity contribution in [2.24, 2.45) is 0 Å². The number of hydrogen-bond acceptors (Lipinski definition) is 4. The van der Waals surface area contributed by atoms with Crippen LogP contribution in [0.25, 0.3) is 0 Å². The molecule has 0 spiro atoms. The van der Waals surface area contributed by atoms with Gasteiger partial charge in [0.25, 0.3) is 0 Å². The molecule has 0 aromatic heterocycles. The van der Waals surface area contributed by atoms with Gasteiger partial charge in [0.1, 0.15) is 6.54 Å². The van der Waals surface area contributed by atoms with Gasteiger partial charge < -0.3 is 10.2 Å². The van der Waals surface area contributed by atoms with E-state index in [0.29, 0.717) is 34.9 Å². The summed E-state index contributed by atoms with van der Waals surface area (Å²) in [4.78, 5) is 26.0. The molecule has 0 radical (unpaired) electrons. The van der Waals surface area contributed by atoms with Crippen LogP contribution in [0.2, 0.25) is 5.02 Å². The van der Waals surface area contributed by atoms with Gasteiger partial charge in [-0.25, -0.2) is 8.42 Å². The molecule has 1 aliphatic rings. The third kappa shape index (κ3) is 4.89. The zero-order valence-electron chi connectivity index (χ0n) is 16.2. The van der Waals surface area contributed by atoms with Gasteiger partial charge in [0.05, 0.1) is 11.9 Å². The Morgan fingerprint density at radius 1 is 1.21 bits per heavy atom. The van der Waals surface area contributed by atoms with Crippen molar-refractivity contribution in [2.75, 3.05) is 33.9 Å². The van der Waals surface area contributed by atoms with E-state index in [9.17, 15) is 18.0 Å². The highest BCUT2D eigenvalue weighted by Crippen LogP contribution is 2.28. The molecule has 29 heavy (non-hydrogen) atoms. The lowest BCUT2D eigenvalue weighted by Crippen LogP contribution is -2.37. The molecular weight excluding hydrogens is 414 g/mol. The van der Waals surface area contributed by atoms with Gasteiger partial charge in [-0.15, -0.1) is 0 Å².